The van der Waals surface area contributed by atoms with Gasteiger partial charge in [-0.05, 0) is 42.2 Å². The number of halogens is 2. The first-order chi connectivity index (χ1) is 9.11. The van der Waals surface area contributed by atoms with Crippen LogP contribution in [0.25, 0.3) is 0 Å². The summed E-state index contributed by atoms with van der Waals surface area (Å²) in [5.74, 6) is 0.0554. The Hall–Kier alpha value is -1.02. The third-order valence-corrected chi connectivity index (χ3v) is 3.92. The summed E-state index contributed by atoms with van der Waals surface area (Å²) in [7, 11) is 0. The van der Waals surface area contributed by atoms with Crippen molar-refractivity contribution in [2.45, 2.75) is 19.3 Å². The molecule has 0 aliphatic rings. The third kappa shape index (κ3) is 3.50. The average molecular weight is 295 g/mol. The highest BCUT2D eigenvalue weighted by Crippen LogP contribution is 2.28. The molecule has 1 nitrogen and oxygen atoms in total. The van der Waals surface area contributed by atoms with Crippen LogP contribution in [0.2, 0.25) is 10.0 Å². The Morgan fingerprint density at radius 2 is 1.84 bits per heavy atom. The van der Waals surface area contributed by atoms with Gasteiger partial charge >= 0.3 is 0 Å². The maximum atomic E-state index is 9.64. The largest absolute Gasteiger partial charge is 0.396 e. The van der Waals surface area contributed by atoms with Gasteiger partial charge in [-0.3, -0.25) is 0 Å². The van der Waals surface area contributed by atoms with Crippen LogP contribution in [0, 0.1) is 6.92 Å². The van der Waals surface area contributed by atoms with E-state index < -0.39 is 0 Å². The lowest BCUT2D eigenvalue weighted by Crippen LogP contribution is -2.09. The van der Waals surface area contributed by atoms with Gasteiger partial charge in [0.05, 0.1) is 6.61 Å². The van der Waals surface area contributed by atoms with Crippen LogP contribution >= 0.6 is 23.2 Å². The molecule has 0 aromatic heterocycles. The van der Waals surface area contributed by atoms with Gasteiger partial charge in [-0.2, -0.15) is 0 Å². The van der Waals surface area contributed by atoms with Crippen LogP contribution in [-0.2, 0) is 6.42 Å². The first kappa shape index (κ1) is 14.4. The summed E-state index contributed by atoms with van der Waals surface area (Å²) in [6.45, 7) is 2.16. The Bertz CT molecular complexity index is 566. The van der Waals surface area contributed by atoms with Crippen molar-refractivity contribution >= 4 is 23.2 Å². The molecule has 19 heavy (non-hydrogen) atoms. The molecule has 0 aliphatic carbocycles. The predicted octanol–water partition coefficient (Wildman–Crippen LogP) is 4.62. The topological polar surface area (TPSA) is 20.2 Å². The highest BCUT2D eigenvalue weighted by molar-refractivity contribution is 6.35. The molecule has 0 aliphatic heterocycles. The Morgan fingerprint density at radius 1 is 1.11 bits per heavy atom. The number of hydrogen-bond donors (Lipinski definition) is 1. The molecule has 100 valence electrons. The lowest BCUT2D eigenvalue weighted by molar-refractivity contribution is 0.264. The van der Waals surface area contributed by atoms with Gasteiger partial charge in [-0.15, -0.1) is 0 Å². The maximum absolute atomic E-state index is 9.64. The summed E-state index contributed by atoms with van der Waals surface area (Å²) in [6.07, 6.45) is 0.706. The molecular formula is C16H16Cl2O. The monoisotopic (exact) mass is 294 g/mol. The van der Waals surface area contributed by atoms with Crippen molar-refractivity contribution in [2.75, 3.05) is 6.61 Å². The quantitative estimate of drug-likeness (QED) is 0.872. The van der Waals surface area contributed by atoms with Gasteiger partial charge < -0.3 is 5.11 Å². The molecule has 0 unspecified atom stereocenters. The van der Waals surface area contributed by atoms with Gasteiger partial charge in [0.2, 0.25) is 0 Å². The van der Waals surface area contributed by atoms with Crippen molar-refractivity contribution < 1.29 is 5.11 Å². The summed E-state index contributed by atoms with van der Waals surface area (Å²) in [5.41, 5.74) is 3.36. The molecule has 1 N–H and O–H groups in total. The number of benzene rings is 2. The van der Waals surface area contributed by atoms with E-state index in [1.54, 1.807) is 6.07 Å². The van der Waals surface area contributed by atoms with Crippen molar-refractivity contribution in [3.8, 4) is 0 Å². The summed E-state index contributed by atoms with van der Waals surface area (Å²) in [5, 5.41) is 10.9. The van der Waals surface area contributed by atoms with Crippen molar-refractivity contribution in [3.05, 3.63) is 69.2 Å². The van der Waals surface area contributed by atoms with E-state index in [0.717, 1.165) is 11.1 Å². The van der Waals surface area contributed by atoms with E-state index in [4.69, 9.17) is 23.2 Å². The van der Waals surface area contributed by atoms with Gasteiger partial charge in [0.15, 0.2) is 0 Å². The second kappa shape index (κ2) is 6.42. The van der Waals surface area contributed by atoms with Crippen molar-refractivity contribution in [1.29, 1.82) is 0 Å². The third-order valence-electron chi connectivity index (χ3n) is 3.33. The molecule has 0 saturated carbocycles. The molecule has 0 saturated heterocycles. The number of rotatable bonds is 4. The van der Waals surface area contributed by atoms with Crippen LogP contribution in [0.3, 0.4) is 0 Å². The number of aliphatic hydroxyl groups is 1. The summed E-state index contributed by atoms with van der Waals surface area (Å²) in [4.78, 5) is 0. The lowest BCUT2D eigenvalue weighted by atomic mass is 9.90. The zero-order chi connectivity index (χ0) is 13.8. The van der Waals surface area contributed by atoms with E-state index in [2.05, 4.69) is 19.1 Å². The highest BCUT2D eigenvalue weighted by atomic mass is 35.5. The fraction of sp³-hybridized carbons (Fsp3) is 0.250. The number of hydrogen-bond acceptors (Lipinski definition) is 1. The molecule has 1 atom stereocenters. The zero-order valence-electron chi connectivity index (χ0n) is 10.7. The fourth-order valence-corrected chi connectivity index (χ4v) is 2.76. The van der Waals surface area contributed by atoms with Crippen LogP contribution in [0.5, 0.6) is 0 Å². The molecule has 3 heteroatoms. The Morgan fingerprint density at radius 3 is 2.47 bits per heavy atom. The summed E-state index contributed by atoms with van der Waals surface area (Å²) < 4.78 is 0. The van der Waals surface area contributed by atoms with E-state index in [1.165, 1.54) is 5.56 Å². The molecule has 0 bridgehead atoms. The van der Waals surface area contributed by atoms with E-state index in [0.29, 0.717) is 16.5 Å². The minimum Gasteiger partial charge on any atom is -0.396 e. The Labute approximate surface area is 123 Å². The van der Waals surface area contributed by atoms with E-state index >= 15 is 0 Å². The molecule has 0 fully saturated rings. The van der Waals surface area contributed by atoms with Crippen LogP contribution < -0.4 is 0 Å². The van der Waals surface area contributed by atoms with Crippen LogP contribution in [0.4, 0.5) is 0 Å². The van der Waals surface area contributed by atoms with Crippen molar-refractivity contribution in [2.24, 2.45) is 0 Å². The minimum atomic E-state index is 0.0554. The first-order valence-corrected chi connectivity index (χ1v) is 6.97. The van der Waals surface area contributed by atoms with E-state index in [9.17, 15) is 5.11 Å². The standard InChI is InChI=1S/C16H16Cl2O/c1-11-4-2-3-5-15(11)13(10-19)8-12-6-7-14(17)9-16(12)18/h2-7,9,13,19H,8,10H2,1H3/t13-/m1/s1. The Balaban J connectivity index is 2.27. The first-order valence-electron chi connectivity index (χ1n) is 6.22. The molecule has 0 spiro atoms. The van der Waals surface area contributed by atoms with Gasteiger partial charge in [-0.1, -0.05) is 53.5 Å². The molecule has 2 rings (SSSR count). The van der Waals surface area contributed by atoms with Crippen LogP contribution in [-0.4, -0.2) is 11.7 Å². The molecule has 2 aromatic rings. The second-order valence-corrected chi connectivity index (χ2v) is 5.52. The smallest absolute Gasteiger partial charge is 0.0503 e. The molecular weight excluding hydrogens is 279 g/mol. The number of aryl methyl sites for hydroxylation is 1. The average Bonchev–Trinajstić information content (AvgIpc) is 2.39. The zero-order valence-corrected chi connectivity index (χ0v) is 12.2. The van der Waals surface area contributed by atoms with Crippen molar-refractivity contribution in [3.63, 3.8) is 0 Å². The molecule has 0 heterocycles. The summed E-state index contributed by atoms with van der Waals surface area (Å²) in [6, 6.07) is 13.6. The molecule has 0 radical (unpaired) electrons. The lowest BCUT2D eigenvalue weighted by Gasteiger charge is -2.18. The van der Waals surface area contributed by atoms with Gasteiger partial charge in [-0.25, -0.2) is 0 Å². The molecule has 2 aromatic carbocycles. The van der Waals surface area contributed by atoms with Crippen molar-refractivity contribution in [1.82, 2.24) is 0 Å². The van der Waals surface area contributed by atoms with Crippen LogP contribution in [0.1, 0.15) is 22.6 Å². The Kier molecular flexibility index (Phi) is 4.87. The maximum Gasteiger partial charge on any atom is 0.0503 e. The molecule has 0 amide bonds. The van der Waals surface area contributed by atoms with Gasteiger partial charge in [0.1, 0.15) is 0 Å². The van der Waals surface area contributed by atoms with E-state index in [-0.39, 0.29) is 12.5 Å². The highest BCUT2D eigenvalue weighted by Gasteiger charge is 2.15. The fourth-order valence-electron chi connectivity index (χ4n) is 2.27. The van der Waals surface area contributed by atoms with Gasteiger partial charge in [0, 0.05) is 16.0 Å². The normalized spacial score (nSPS) is 12.4. The number of aliphatic hydroxyl groups excluding tert-OH is 1. The SMILES string of the molecule is Cc1ccccc1[C@@H](CO)Cc1ccc(Cl)cc1Cl. The van der Waals surface area contributed by atoms with Gasteiger partial charge in [0.25, 0.3) is 0 Å². The second-order valence-electron chi connectivity index (χ2n) is 4.68. The van der Waals surface area contributed by atoms with E-state index in [1.807, 2.05) is 24.3 Å². The van der Waals surface area contributed by atoms with Crippen LogP contribution in [0.15, 0.2) is 42.5 Å². The summed E-state index contributed by atoms with van der Waals surface area (Å²) >= 11 is 12.1. The predicted molar refractivity (Wildman–Crippen MR) is 81.2 cm³/mol. The minimum absolute atomic E-state index is 0.0554.